The molecular weight excluding hydrogens is 296 g/mol. The number of aliphatic hydroxyl groups is 4. The van der Waals surface area contributed by atoms with E-state index in [-0.39, 0.29) is 5.75 Å². The molecule has 0 bridgehead atoms. The molecule has 5 atom stereocenters. The minimum Gasteiger partial charge on any atom is -0.497 e. The van der Waals surface area contributed by atoms with Gasteiger partial charge < -0.3 is 39.4 Å². The predicted octanol–water partition coefficient (Wildman–Crippen LogP) is -1.12. The number of rotatable bonds is 5. The maximum Gasteiger partial charge on any atom is 0.229 e. The second-order valence-electron chi connectivity index (χ2n) is 4.83. The van der Waals surface area contributed by atoms with E-state index >= 15 is 0 Å². The van der Waals surface area contributed by atoms with Crippen molar-refractivity contribution in [3.63, 3.8) is 0 Å². The average molecular weight is 316 g/mol. The lowest BCUT2D eigenvalue weighted by Gasteiger charge is -2.39. The van der Waals surface area contributed by atoms with Crippen LogP contribution in [0.15, 0.2) is 18.2 Å². The molecule has 1 aromatic rings. The first-order valence-electron chi connectivity index (χ1n) is 6.71. The molecule has 0 spiro atoms. The maximum absolute atomic E-state index is 9.94. The lowest BCUT2D eigenvalue weighted by atomic mass is 9.99. The molecule has 8 heteroatoms. The molecule has 1 aliphatic rings. The van der Waals surface area contributed by atoms with Gasteiger partial charge in [0, 0.05) is 6.07 Å². The van der Waals surface area contributed by atoms with Gasteiger partial charge in [0.25, 0.3) is 0 Å². The summed E-state index contributed by atoms with van der Waals surface area (Å²) in [5.41, 5.74) is 0. The van der Waals surface area contributed by atoms with Gasteiger partial charge in [-0.3, -0.25) is 0 Å². The molecule has 0 aliphatic carbocycles. The third-order valence-corrected chi connectivity index (χ3v) is 3.46. The SMILES string of the molecule is COc1ccc(O[C@@H]2O[C@H](CO)[C@@H](O)[C@@H](O)[C@H]2O)c(OC)c1. The van der Waals surface area contributed by atoms with Gasteiger partial charge in [-0.05, 0) is 12.1 Å². The number of hydrogen-bond donors (Lipinski definition) is 4. The molecular formula is C14H20O8. The first-order valence-corrected chi connectivity index (χ1v) is 6.71. The molecule has 124 valence electrons. The maximum atomic E-state index is 9.94. The van der Waals surface area contributed by atoms with Crippen LogP contribution in [-0.4, -0.2) is 72.0 Å². The van der Waals surface area contributed by atoms with Crippen LogP contribution in [-0.2, 0) is 4.74 Å². The summed E-state index contributed by atoms with van der Waals surface area (Å²) in [7, 11) is 2.95. The van der Waals surface area contributed by atoms with E-state index in [1.807, 2.05) is 0 Å². The Morgan fingerprint density at radius 3 is 2.32 bits per heavy atom. The summed E-state index contributed by atoms with van der Waals surface area (Å²) < 4.78 is 21.0. The second kappa shape index (κ2) is 7.12. The van der Waals surface area contributed by atoms with Crippen LogP contribution >= 0.6 is 0 Å². The van der Waals surface area contributed by atoms with E-state index in [1.165, 1.54) is 14.2 Å². The van der Waals surface area contributed by atoms with E-state index in [4.69, 9.17) is 24.1 Å². The molecule has 1 aliphatic heterocycles. The van der Waals surface area contributed by atoms with Crippen LogP contribution in [0, 0.1) is 0 Å². The Balaban J connectivity index is 2.18. The largest absolute Gasteiger partial charge is 0.497 e. The average Bonchev–Trinajstić information content (AvgIpc) is 2.55. The van der Waals surface area contributed by atoms with Crippen LogP contribution < -0.4 is 14.2 Å². The molecule has 0 radical (unpaired) electrons. The van der Waals surface area contributed by atoms with Crippen molar-refractivity contribution >= 4 is 0 Å². The van der Waals surface area contributed by atoms with Gasteiger partial charge in [0.05, 0.1) is 20.8 Å². The molecule has 0 amide bonds. The van der Waals surface area contributed by atoms with Crippen LogP contribution in [0.1, 0.15) is 0 Å². The summed E-state index contributed by atoms with van der Waals surface area (Å²) in [6, 6.07) is 4.76. The van der Waals surface area contributed by atoms with E-state index in [0.717, 1.165) is 0 Å². The third-order valence-electron chi connectivity index (χ3n) is 3.46. The van der Waals surface area contributed by atoms with E-state index in [1.54, 1.807) is 18.2 Å². The van der Waals surface area contributed by atoms with Crippen LogP contribution in [0.3, 0.4) is 0 Å². The highest BCUT2D eigenvalue weighted by Gasteiger charge is 2.44. The highest BCUT2D eigenvalue weighted by molar-refractivity contribution is 5.45. The summed E-state index contributed by atoms with van der Waals surface area (Å²) in [6.45, 7) is -0.523. The molecule has 2 rings (SSSR count). The minimum absolute atomic E-state index is 0.257. The summed E-state index contributed by atoms with van der Waals surface area (Å²) in [6.07, 6.45) is -6.71. The van der Waals surface area contributed by atoms with E-state index in [9.17, 15) is 15.3 Å². The first-order chi connectivity index (χ1) is 10.5. The van der Waals surface area contributed by atoms with Crippen LogP contribution in [0.2, 0.25) is 0 Å². The molecule has 0 aromatic heterocycles. The molecule has 4 N–H and O–H groups in total. The molecule has 8 nitrogen and oxygen atoms in total. The standard InChI is InChI=1S/C14H20O8/c1-19-7-3-4-8(9(5-7)20-2)21-14-13(18)12(17)11(16)10(6-15)22-14/h3-5,10-18H,6H2,1-2H3/t10-,11-,12-,13-,14-/m1/s1. The highest BCUT2D eigenvalue weighted by Crippen LogP contribution is 2.33. The normalized spacial score (nSPS) is 31.6. The number of hydrogen-bond acceptors (Lipinski definition) is 8. The van der Waals surface area contributed by atoms with Gasteiger partial charge in [0.15, 0.2) is 11.5 Å². The van der Waals surface area contributed by atoms with Gasteiger partial charge in [-0.1, -0.05) is 0 Å². The van der Waals surface area contributed by atoms with Gasteiger partial charge >= 0.3 is 0 Å². The fourth-order valence-corrected chi connectivity index (χ4v) is 2.16. The van der Waals surface area contributed by atoms with Crippen molar-refractivity contribution in [2.24, 2.45) is 0 Å². The van der Waals surface area contributed by atoms with Gasteiger partial charge in [0.1, 0.15) is 30.2 Å². The van der Waals surface area contributed by atoms with E-state index in [2.05, 4.69) is 0 Å². The first kappa shape index (κ1) is 16.8. The second-order valence-corrected chi connectivity index (χ2v) is 4.83. The van der Waals surface area contributed by atoms with Gasteiger partial charge in [-0.15, -0.1) is 0 Å². The highest BCUT2D eigenvalue weighted by atomic mass is 16.7. The fraction of sp³-hybridized carbons (Fsp3) is 0.571. The number of aliphatic hydroxyl groups excluding tert-OH is 4. The van der Waals surface area contributed by atoms with Crippen LogP contribution in [0.5, 0.6) is 17.2 Å². The van der Waals surface area contributed by atoms with Crippen molar-refractivity contribution in [3.8, 4) is 17.2 Å². The molecule has 1 aromatic carbocycles. The minimum atomic E-state index is -1.50. The van der Waals surface area contributed by atoms with Crippen molar-refractivity contribution in [3.05, 3.63) is 18.2 Å². The van der Waals surface area contributed by atoms with E-state index in [0.29, 0.717) is 11.5 Å². The van der Waals surface area contributed by atoms with Crippen molar-refractivity contribution in [2.45, 2.75) is 30.7 Å². The predicted molar refractivity (Wildman–Crippen MR) is 73.9 cm³/mol. The monoisotopic (exact) mass is 316 g/mol. The zero-order valence-corrected chi connectivity index (χ0v) is 12.2. The Morgan fingerprint density at radius 1 is 1.00 bits per heavy atom. The number of benzene rings is 1. The fourth-order valence-electron chi connectivity index (χ4n) is 2.16. The van der Waals surface area contributed by atoms with Crippen molar-refractivity contribution in [1.29, 1.82) is 0 Å². The summed E-state index contributed by atoms with van der Waals surface area (Å²) >= 11 is 0. The molecule has 1 fully saturated rings. The Kier molecular flexibility index (Phi) is 5.43. The summed E-state index contributed by atoms with van der Waals surface area (Å²) in [5, 5.41) is 38.5. The zero-order valence-electron chi connectivity index (χ0n) is 12.2. The lowest BCUT2D eigenvalue weighted by molar-refractivity contribution is -0.277. The van der Waals surface area contributed by atoms with Crippen molar-refractivity contribution in [2.75, 3.05) is 20.8 Å². The third kappa shape index (κ3) is 3.26. The lowest BCUT2D eigenvalue weighted by Crippen LogP contribution is -2.60. The quantitative estimate of drug-likeness (QED) is 0.540. The Labute approximate surface area is 127 Å². The topological polar surface area (TPSA) is 118 Å². The van der Waals surface area contributed by atoms with Gasteiger partial charge in [0.2, 0.25) is 6.29 Å². The Bertz CT molecular complexity index is 492. The molecule has 1 saturated heterocycles. The van der Waals surface area contributed by atoms with Gasteiger partial charge in [-0.2, -0.15) is 0 Å². The Hall–Kier alpha value is -1.58. The van der Waals surface area contributed by atoms with Crippen LogP contribution in [0.4, 0.5) is 0 Å². The smallest absolute Gasteiger partial charge is 0.229 e. The zero-order chi connectivity index (χ0) is 16.3. The molecule has 0 saturated carbocycles. The number of ether oxygens (including phenoxy) is 4. The number of methoxy groups -OCH3 is 2. The molecule has 22 heavy (non-hydrogen) atoms. The van der Waals surface area contributed by atoms with Crippen molar-refractivity contribution in [1.82, 2.24) is 0 Å². The summed E-state index contributed by atoms with van der Waals surface area (Å²) in [5.74, 6) is 1.15. The molecule has 0 unspecified atom stereocenters. The van der Waals surface area contributed by atoms with Gasteiger partial charge in [-0.25, -0.2) is 0 Å². The van der Waals surface area contributed by atoms with Crippen molar-refractivity contribution < 1.29 is 39.4 Å². The Morgan fingerprint density at radius 2 is 1.73 bits per heavy atom. The van der Waals surface area contributed by atoms with Crippen LogP contribution in [0.25, 0.3) is 0 Å². The van der Waals surface area contributed by atoms with E-state index < -0.39 is 37.3 Å². The summed E-state index contributed by atoms with van der Waals surface area (Å²) in [4.78, 5) is 0. The molecule has 1 heterocycles.